The van der Waals surface area contributed by atoms with E-state index in [1.807, 2.05) is 0 Å². The lowest BCUT2D eigenvalue weighted by molar-refractivity contribution is 0.102. The van der Waals surface area contributed by atoms with E-state index < -0.39 is 10.0 Å². The van der Waals surface area contributed by atoms with Crippen LogP contribution in [0.4, 0.5) is 11.4 Å². The van der Waals surface area contributed by atoms with Crippen LogP contribution < -0.4 is 14.8 Å². The van der Waals surface area contributed by atoms with Crippen molar-refractivity contribution in [1.29, 1.82) is 0 Å². The molecule has 0 radical (unpaired) electrons. The number of benzene rings is 1. The molecule has 2 N–H and O–H groups in total. The summed E-state index contributed by atoms with van der Waals surface area (Å²) in [6.07, 6.45) is 5.88. The van der Waals surface area contributed by atoms with Crippen molar-refractivity contribution in [2.24, 2.45) is 0 Å². The molecule has 0 aliphatic rings. The van der Waals surface area contributed by atoms with Crippen LogP contribution in [-0.2, 0) is 10.0 Å². The molecule has 0 unspecified atom stereocenters. The predicted molar refractivity (Wildman–Crippen MR) is 101 cm³/mol. The number of nitrogens with one attached hydrogen (secondary N) is 2. The van der Waals surface area contributed by atoms with Crippen molar-refractivity contribution in [3.8, 4) is 11.6 Å². The SMILES string of the molecule is COc1cc(NC(=O)c2ccc(-n3cccn3)nc2)ccc1NS(C)(=O)=O. The molecule has 10 heteroatoms. The van der Waals surface area contributed by atoms with Gasteiger partial charge in [-0.2, -0.15) is 5.10 Å². The Hall–Kier alpha value is -3.40. The maximum absolute atomic E-state index is 12.4. The van der Waals surface area contributed by atoms with E-state index in [9.17, 15) is 13.2 Å². The molecule has 2 aromatic heterocycles. The fourth-order valence-electron chi connectivity index (χ4n) is 2.32. The van der Waals surface area contributed by atoms with Gasteiger partial charge in [-0.25, -0.2) is 18.1 Å². The van der Waals surface area contributed by atoms with E-state index in [0.29, 0.717) is 17.1 Å². The van der Waals surface area contributed by atoms with E-state index in [4.69, 9.17) is 4.74 Å². The van der Waals surface area contributed by atoms with E-state index in [2.05, 4.69) is 20.1 Å². The number of anilines is 2. The molecule has 1 aromatic carbocycles. The zero-order valence-corrected chi connectivity index (χ0v) is 15.4. The van der Waals surface area contributed by atoms with Crippen molar-refractivity contribution >= 4 is 27.3 Å². The number of methoxy groups -OCH3 is 1. The summed E-state index contributed by atoms with van der Waals surface area (Å²) in [4.78, 5) is 16.6. The third kappa shape index (κ3) is 4.61. The Labute approximate surface area is 156 Å². The molecule has 0 saturated carbocycles. The molecule has 0 aliphatic carbocycles. The van der Waals surface area contributed by atoms with Gasteiger partial charge in [0, 0.05) is 30.3 Å². The largest absolute Gasteiger partial charge is 0.494 e. The summed E-state index contributed by atoms with van der Waals surface area (Å²) in [7, 11) is -2.04. The number of hydrogen-bond donors (Lipinski definition) is 2. The smallest absolute Gasteiger partial charge is 0.257 e. The molecule has 3 aromatic rings. The van der Waals surface area contributed by atoms with Gasteiger partial charge in [0.2, 0.25) is 10.0 Å². The van der Waals surface area contributed by atoms with Gasteiger partial charge in [-0.15, -0.1) is 0 Å². The first-order chi connectivity index (χ1) is 12.9. The lowest BCUT2D eigenvalue weighted by atomic mass is 10.2. The first-order valence-electron chi connectivity index (χ1n) is 7.79. The summed E-state index contributed by atoms with van der Waals surface area (Å²) in [6.45, 7) is 0. The van der Waals surface area contributed by atoms with Crippen LogP contribution in [0.3, 0.4) is 0 Å². The number of sulfonamides is 1. The van der Waals surface area contributed by atoms with E-state index in [1.165, 1.54) is 25.4 Å². The molecule has 0 bridgehead atoms. The number of amides is 1. The summed E-state index contributed by atoms with van der Waals surface area (Å²) in [5.74, 6) is 0.514. The summed E-state index contributed by atoms with van der Waals surface area (Å²) in [6, 6.07) is 9.70. The van der Waals surface area contributed by atoms with Crippen molar-refractivity contribution in [1.82, 2.24) is 14.8 Å². The van der Waals surface area contributed by atoms with Gasteiger partial charge >= 0.3 is 0 Å². The quantitative estimate of drug-likeness (QED) is 0.667. The van der Waals surface area contributed by atoms with E-state index in [1.54, 1.807) is 41.3 Å². The van der Waals surface area contributed by atoms with E-state index in [0.717, 1.165) is 6.26 Å². The van der Waals surface area contributed by atoms with Gasteiger partial charge in [-0.1, -0.05) is 0 Å². The fourth-order valence-corrected chi connectivity index (χ4v) is 2.88. The van der Waals surface area contributed by atoms with Gasteiger partial charge in [-0.3, -0.25) is 9.52 Å². The molecule has 0 aliphatic heterocycles. The second-order valence-electron chi connectivity index (χ2n) is 5.60. The highest BCUT2D eigenvalue weighted by Gasteiger charge is 2.12. The van der Waals surface area contributed by atoms with Crippen molar-refractivity contribution in [2.75, 3.05) is 23.4 Å². The normalized spacial score (nSPS) is 11.0. The Morgan fingerprint density at radius 2 is 2.04 bits per heavy atom. The first kappa shape index (κ1) is 18.4. The second-order valence-corrected chi connectivity index (χ2v) is 7.35. The molecule has 0 saturated heterocycles. The predicted octanol–water partition coefficient (Wildman–Crippen LogP) is 1.90. The third-order valence-electron chi connectivity index (χ3n) is 3.50. The number of carbonyl (C=O) groups is 1. The van der Waals surface area contributed by atoms with Crippen LogP contribution in [0.25, 0.3) is 5.82 Å². The van der Waals surface area contributed by atoms with Gasteiger partial charge in [0.05, 0.1) is 24.6 Å². The first-order valence-corrected chi connectivity index (χ1v) is 9.68. The third-order valence-corrected chi connectivity index (χ3v) is 4.09. The van der Waals surface area contributed by atoms with Gasteiger partial charge in [0.25, 0.3) is 5.91 Å². The molecule has 140 valence electrons. The highest BCUT2D eigenvalue weighted by molar-refractivity contribution is 7.92. The fraction of sp³-hybridized carbons (Fsp3) is 0.118. The Bertz CT molecular complexity index is 1050. The molecule has 0 atom stereocenters. The van der Waals surface area contributed by atoms with Crippen molar-refractivity contribution in [2.45, 2.75) is 0 Å². The Morgan fingerprint density at radius 3 is 2.63 bits per heavy atom. The maximum Gasteiger partial charge on any atom is 0.257 e. The number of hydrogen-bond acceptors (Lipinski definition) is 6. The monoisotopic (exact) mass is 387 g/mol. The van der Waals surface area contributed by atoms with Crippen LogP contribution in [0.5, 0.6) is 5.75 Å². The number of carbonyl (C=O) groups excluding carboxylic acids is 1. The lowest BCUT2D eigenvalue weighted by Gasteiger charge is -2.12. The summed E-state index contributed by atoms with van der Waals surface area (Å²) >= 11 is 0. The minimum Gasteiger partial charge on any atom is -0.494 e. The highest BCUT2D eigenvalue weighted by Crippen LogP contribution is 2.28. The van der Waals surface area contributed by atoms with Crippen LogP contribution in [-0.4, -0.2) is 42.5 Å². The minimum atomic E-state index is -3.44. The van der Waals surface area contributed by atoms with Crippen LogP contribution in [0.15, 0.2) is 55.0 Å². The number of ether oxygens (including phenoxy) is 1. The summed E-state index contributed by atoms with van der Waals surface area (Å²) < 4.78 is 31.9. The zero-order chi connectivity index (χ0) is 19.4. The average molecular weight is 387 g/mol. The van der Waals surface area contributed by atoms with Crippen LogP contribution in [0.1, 0.15) is 10.4 Å². The zero-order valence-electron chi connectivity index (χ0n) is 14.6. The lowest BCUT2D eigenvalue weighted by Crippen LogP contribution is -2.14. The van der Waals surface area contributed by atoms with Crippen LogP contribution in [0, 0.1) is 0 Å². The molecular weight excluding hydrogens is 370 g/mol. The molecule has 1 amide bonds. The van der Waals surface area contributed by atoms with Crippen LogP contribution in [0.2, 0.25) is 0 Å². The highest BCUT2D eigenvalue weighted by atomic mass is 32.2. The van der Waals surface area contributed by atoms with Crippen molar-refractivity contribution < 1.29 is 17.9 Å². The Kier molecular flexibility index (Phi) is 5.08. The van der Waals surface area contributed by atoms with E-state index >= 15 is 0 Å². The molecule has 9 nitrogen and oxygen atoms in total. The molecule has 3 rings (SSSR count). The molecule has 0 fully saturated rings. The molecule has 0 spiro atoms. The second kappa shape index (κ2) is 7.46. The Morgan fingerprint density at radius 1 is 1.22 bits per heavy atom. The van der Waals surface area contributed by atoms with Crippen LogP contribution >= 0.6 is 0 Å². The van der Waals surface area contributed by atoms with Gasteiger partial charge < -0.3 is 10.1 Å². The molecule has 27 heavy (non-hydrogen) atoms. The van der Waals surface area contributed by atoms with E-state index in [-0.39, 0.29) is 17.3 Å². The molecular formula is C17H17N5O4S. The number of aromatic nitrogens is 3. The average Bonchev–Trinajstić information content (AvgIpc) is 3.16. The van der Waals surface area contributed by atoms with Gasteiger partial charge in [0.15, 0.2) is 5.82 Å². The Balaban J connectivity index is 1.75. The maximum atomic E-state index is 12.4. The minimum absolute atomic E-state index is 0.281. The standard InChI is InChI=1S/C17H17N5O4S/c1-26-15-10-13(5-6-14(15)21-27(2,24)25)20-17(23)12-4-7-16(18-11-12)22-9-3-8-19-22/h3-11,21H,1-2H3,(H,20,23). The van der Waals surface area contributed by atoms with Gasteiger partial charge in [0.1, 0.15) is 5.75 Å². The number of rotatable bonds is 6. The number of pyridine rings is 1. The molecule has 2 heterocycles. The topological polar surface area (TPSA) is 115 Å². The van der Waals surface area contributed by atoms with Gasteiger partial charge in [-0.05, 0) is 30.3 Å². The van der Waals surface area contributed by atoms with Crippen molar-refractivity contribution in [3.05, 3.63) is 60.6 Å². The summed E-state index contributed by atoms with van der Waals surface area (Å²) in [5.41, 5.74) is 1.10. The number of nitrogens with zero attached hydrogens (tertiary/aromatic N) is 3. The van der Waals surface area contributed by atoms with Crippen molar-refractivity contribution in [3.63, 3.8) is 0 Å². The summed E-state index contributed by atoms with van der Waals surface area (Å²) in [5, 5.41) is 6.79.